The number of hydrogen-bond donors (Lipinski definition) is 1. The first-order valence-electron chi connectivity index (χ1n) is 8.26. The largest absolute Gasteiger partial charge is 0.492 e. The Morgan fingerprint density at radius 3 is 2.61 bits per heavy atom. The predicted octanol–water partition coefficient (Wildman–Crippen LogP) is 2.82. The van der Waals surface area contributed by atoms with Gasteiger partial charge in [-0.15, -0.1) is 0 Å². The first kappa shape index (κ1) is 22.1. The number of nitrogens with zero attached hydrogens (tertiary/aromatic N) is 1. The van der Waals surface area contributed by atoms with E-state index < -0.39 is 26.6 Å². The third-order valence-corrected chi connectivity index (χ3v) is 5.44. The summed E-state index contributed by atoms with van der Waals surface area (Å²) in [5.74, 6) is -2.13. The molecule has 0 aromatic heterocycles. The molecule has 1 amide bonds. The summed E-state index contributed by atoms with van der Waals surface area (Å²) < 4.78 is 57.9. The van der Waals surface area contributed by atoms with E-state index in [0.29, 0.717) is 23.4 Å². The van der Waals surface area contributed by atoms with Gasteiger partial charge in [0.1, 0.15) is 12.4 Å². The molecule has 152 valence electrons. The van der Waals surface area contributed by atoms with E-state index in [0.717, 1.165) is 12.1 Å². The number of sulfonamides is 1. The lowest BCUT2D eigenvalue weighted by atomic mass is 10.3. The quantitative estimate of drug-likeness (QED) is 0.661. The van der Waals surface area contributed by atoms with Gasteiger partial charge in [0.05, 0.1) is 11.4 Å². The number of likely N-dealkylation sites (N-methyl/N-ethyl adjacent to an activating group) is 1. The van der Waals surface area contributed by atoms with E-state index in [2.05, 4.69) is 4.72 Å². The normalized spacial score (nSPS) is 11.3. The Balaban J connectivity index is 1.77. The fraction of sp³-hybridized carbons (Fsp3) is 0.278. The Hall–Kier alpha value is -2.23. The van der Waals surface area contributed by atoms with Gasteiger partial charge in [-0.05, 0) is 36.4 Å². The Kier molecular flexibility index (Phi) is 7.73. The highest BCUT2D eigenvalue weighted by molar-refractivity contribution is 7.89. The number of amides is 1. The number of benzene rings is 2. The molecule has 28 heavy (non-hydrogen) atoms. The number of hydrogen-bond acceptors (Lipinski definition) is 4. The summed E-state index contributed by atoms with van der Waals surface area (Å²) in [6.45, 7) is 0.351. The van der Waals surface area contributed by atoms with Crippen LogP contribution in [0.2, 0.25) is 5.02 Å². The molecule has 0 radical (unpaired) electrons. The van der Waals surface area contributed by atoms with Gasteiger partial charge in [-0.1, -0.05) is 17.7 Å². The van der Waals surface area contributed by atoms with Gasteiger partial charge in [0, 0.05) is 25.0 Å². The smallest absolute Gasteiger partial charge is 0.240 e. The Morgan fingerprint density at radius 1 is 1.18 bits per heavy atom. The number of nitrogens with one attached hydrogen (secondary N) is 1. The van der Waals surface area contributed by atoms with E-state index in [4.69, 9.17) is 16.3 Å². The molecule has 10 heteroatoms. The van der Waals surface area contributed by atoms with Crippen LogP contribution in [-0.2, 0) is 14.8 Å². The zero-order valence-electron chi connectivity index (χ0n) is 15.0. The molecule has 0 saturated heterocycles. The van der Waals surface area contributed by atoms with E-state index in [1.165, 1.54) is 4.90 Å². The van der Waals surface area contributed by atoms with Crippen molar-refractivity contribution in [2.24, 2.45) is 0 Å². The summed E-state index contributed by atoms with van der Waals surface area (Å²) in [6.07, 6.45) is -0.101. The summed E-state index contributed by atoms with van der Waals surface area (Å²) in [4.78, 5) is 13.1. The maximum atomic E-state index is 13.2. The predicted molar refractivity (Wildman–Crippen MR) is 101 cm³/mol. The highest BCUT2D eigenvalue weighted by atomic mass is 35.5. The summed E-state index contributed by atoms with van der Waals surface area (Å²) in [7, 11) is -2.48. The molecule has 0 heterocycles. The Bertz CT molecular complexity index is 941. The fourth-order valence-electron chi connectivity index (χ4n) is 2.19. The van der Waals surface area contributed by atoms with Crippen LogP contribution in [0.5, 0.6) is 5.75 Å². The average molecular weight is 433 g/mol. The number of carbonyl (C=O) groups excluding carboxylic acids is 1. The van der Waals surface area contributed by atoms with Gasteiger partial charge >= 0.3 is 0 Å². The van der Waals surface area contributed by atoms with Crippen LogP contribution in [-0.4, -0.2) is 46.0 Å². The first-order chi connectivity index (χ1) is 13.2. The molecule has 6 nitrogen and oxygen atoms in total. The lowest BCUT2D eigenvalue weighted by molar-refractivity contribution is -0.130. The summed E-state index contributed by atoms with van der Waals surface area (Å²) >= 11 is 5.85. The molecule has 0 atom stereocenters. The lowest BCUT2D eigenvalue weighted by Gasteiger charge is -2.17. The van der Waals surface area contributed by atoms with E-state index in [-0.39, 0.29) is 25.5 Å². The molecule has 2 aromatic carbocycles. The van der Waals surface area contributed by atoms with Gasteiger partial charge < -0.3 is 9.64 Å². The number of halogens is 3. The SMILES string of the molecule is CN(CCOc1cccc(Cl)c1)C(=O)CCNS(=O)(=O)c1ccc(F)c(F)c1. The highest BCUT2D eigenvalue weighted by Gasteiger charge is 2.17. The van der Waals surface area contributed by atoms with Crippen molar-refractivity contribution in [3.05, 3.63) is 59.1 Å². The highest BCUT2D eigenvalue weighted by Crippen LogP contribution is 2.17. The molecule has 0 unspecified atom stereocenters. The van der Waals surface area contributed by atoms with Crippen molar-refractivity contribution in [1.29, 1.82) is 0 Å². The van der Waals surface area contributed by atoms with Crippen molar-refractivity contribution >= 4 is 27.5 Å². The zero-order valence-corrected chi connectivity index (χ0v) is 16.6. The molecule has 0 saturated carbocycles. The molecule has 0 aliphatic rings. The second kappa shape index (κ2) is 9.81. The van der Waals surface area contributed by atoms with E-state index in [9.17, 15) is 22.0 Å². The van der Waals surface area contributed by atoms with Gasteiger partial charge in [-0.2, -0.15) is 0 Å². The minimum absolute atomic E-state index is 0.101. The van der Waals surface area contributed by atoms with Crippen LogP contribution in [0.3, 0.4) is 0 Å². The molecule has 0 aliphatic heterocycles. The molecular weight excluding hydrogens is 414 g/mol. The van der Waals surface area contributed by atoms with Crippen LogP contribution in [0.15, 0.2) is 47.4 Å². The van der Waals surface area contributed by atoms with Gasteiger partial charge in [0.2, 0.25) is 15.9 Å². The molecule has 0 aliphatic carbocycles. The van der Waals surface area contributed by atoms with Crippen molar-refractivity contribution in [2.45, 2.75) is 11.3 Å². The molecule has 2 rings (SSSR count). The summed E-state index contributed by atoms with van der Waals surface area (Å²) in [6, 6.07) is 9.09. The molecule has 0 fully saturated rings. The van der Waals surface area contributed by atoms with Crippen LogP contribution in [0.25, 0.3) is 0 Å². The van der Waals surface area contributed by atoms with Crippen molar-refractivity contribution < 1.29 is 26.7 Å². The monoisotopic (exact) mass is 432 g/mol. The molecule has 0 spiro atoms. The van der Waals surface area contributed by atoms with Crippen molar-refractivity contribution in [1.82, 2.24) is 9.62 Å². The van der Waals surface area contributed by atoms with Crippen molar-refractivity contribution in [3.8, 4) is 5.75 Å². The van der Waals surface area contributed by atoms with Crippen LogP contribution < -0.4 is 9.46 Å². The second-order valence-electron chi connectivity index (χ2n) is 5.84. The minimum Gasteiger partial charge on any atom is -0.492 e. The van der Waals surface area contributed by atoms with Crippen molar-refractivity contribution in [3.63, 3.8) is 0 Å². The van der Waals surface area contributed by atoms with Gasteiger partial charge in [-0.3, -0.25) is 4.79 Å². The Morgan fingerprint density at radius 2 is 1.93 bits per heavy atom. The topological polar surface area (TPSA) is 75.7 Å². The lowest BCUT2D eigenvalue weighted by Crippen LogP contribution is -2.34. The fourth-order valence-corrected chi connectivity index (χ4v) is 3.42. The molecule has 1 N–H and O–H groups in total. The molecule has 0 bridgehead atoms. The number of ether oxygens (including phenoxy) is 1. The first-order valence-corrected chi connectivity index (χ1v) is 10.1. The maximum absolute atomic E-state index is 13.2. The van der Waals surface area contributed by atoms with Crippen LogP contribution in [0.4, 0.5) is 8.78 Å². The van der Waals surface area contributed by atoms with E-state index >= 15 is 0 Å². The van der Waals surface area contributed by atoms with E-state index in [1.807, 2.05) is 0 Å². The molecule has 2 aromatic rings. The van der Waals surface area contributed by atoms with E-state index in [1.54, 1.807) is 31.3 Å². The van der Waals surface area contributed by atoms with Crippen LogP contribution in [0.1, 0.15) is 6.42 Å². The zero-order chi connectivity index (χ0) is 20.7. The van der Waals surface area contributed by atoms with Crippen LogP contribution in [0, 0.1) is 11.6 Å². The summed E-state index contributed by atoms with van der Waals surface area (Å²) in [5, 5.41) is 0.537. The average Bonchev–Trinajstić information content (AvgIpc) is 2.63. The van der Waals surface area contributed by atoms with Gasteiger partial charge in [0.15, 0.2) is 11.6 Å². The third-order valence-electron chi connectivity index (χ3n) is 3.75. The second-order valence-corrected chi connectivity index (χ2v) is 8.05. The van der Waals surface area contributed by atoms with Crippen molar-refractivity contribution in [2.75, 3.05) is 26.7 Å². The standard InChI is InChI=1S/C18H19ClF2N2O4S/c1-23(9-10-27-14-4-2-3-13(19)11-14)18(24)7-8-22-28(25,26)15-5-6-16(20)17(21)12-15/h2-6,11-12,22H,7-10H2,1H3. The third kappa shape index (κ3) is 6.43. The maximum Gasteiger partial charge on any atom is 0.240 e. The minimum atomic E-state index is -4.04. The van der Waals surface area contributed by atoms with Crippen LogP contribution >= 0.6 is 11.6 Å². The van der Waals surface area contributed by atoms with Gasteiger partial charge in [0.25, 0.3) is 0 Å². The Labute approximate surface area is 167 Å². The number of carbonyl (C=O) groups is 1. The van der Waals surface area contributed by atoms with Gasteiger partial charge in [-0.25, -0.2) is 21.9 Å². The summed E-state index contributed by atoms with van der Waals surface area (Å²) in [5.41, 5.74) is 0. The number of rotatable bonds is 9. The molecular formula is C18H19ClF2N2O4S.